The first kappa shape index (κ1) is 12.3. The standard InChI is InChI=1S/C13H15NO4/c1-9(6-13(15)16)8-14-10-2-3-11-12(7-10)18-5-4-17-11/h2-3,6-7,14H,4-5,8H2,1H3,(H,15,16)/b9-6-. The number of carboxylic acid groups (broad SMARTS) is 1. The molecule has 5 nitrogen and oxygen atoms in total. The minimum Gasteiger partial charge on any atom is -0.486 e. The van der Waals surface area contributed by atoms with Crippen LogP contribution >= 0.6 is 0 Å². The summed E-state index contributed by atoms with van der Waals surface area (Å²) in [6, 6.07) is 5.57. The molecule has 2 N–H and O–H groups in total. The SMILES string of the molecule is C/C(=C/C(=O)O)CNc1ccc2c(c1)OCCO2. The molecule has 1 heterocycles. The van der Waals surface area contributed by atoms with E-state index in [0.29, 0.717) is 25.5 Å². The number of ether oxygens (including phenoxy) is 2. The van der Waals surface area contributed by atoms with Crippen LogP contribution in [0.1, 0.15) is 6.92 Å². The number of carboxylic acids is 1. The monoisotopic (exact) mass is 249 g/mol. The Morgan fingerprint density at radius 2 is 2.11 bits per heavy atom. The van der Waals surface area contributed by atoms with Gasteiger partial charge in [0.15, 0.2) is 11.5 Å². The van der Waals surface area contributed by atoms with Gasteiger partial charge in [-0.3, -0.25) is 0 Å². The highest BCUT2D eigenvalue weighted by atomic mass is 16.6. The lowest BCUT2D eigenvalue weighted by atomic mass is 10.2. The third-order valence-electron chi connectivity index (χ3n) is 2.48. The Hall–Kier alpha value is -2.17. The van der Waals surface area contributed by atoms with Gasteiger partial charge >= 0.3 is 5.97 Å². The molecule has 0 spiro atoms. The van der Waals surface area contributed by atoms with Crippen molar-refractivity contribution in [1.29, 1.82) is 0 Å². The van der Waals surface area contributed by atoms with Crippen molar-refractivity contribution in [2.75, 3.05) is 25.1 Å². The number of anilines is 1. The fourth-order valence-corrected chi connectivity index (χ4v) is 1.66. The van der Waals surface area contributed by atoms with Crippen LogP contribution in [-0.4, -0.2) is 30.8 Å². The van der Waals surface area contributed by atoms with E-state index in [1.54, 1.807) is 6.92 Å². The third kappa shape index (κ3) is 3.16. The molecule has 2 rings (SSSR count). The molecular weight excluding hydrogens is 234 g/mol. The van der Waals surface area contributed by atoms with Gasteiger partial charge in [0.1, 0.15) is 13.2 Å². The van der Waals surface area contributed by atoms with Crippen LogP contribution in [0.5, 0.6) is 11.5 Å². The molecule has 1 aromatic carbocycles. The van der Waals surface area contributed by atoms with Gasteiger partial charge in [-0.1, -0.05) is 0 Å². The molecule has 1 aliphatic rings. The van der Waals surface area contributed by atoms with Gasteiger partial charge in [-0.25, -0.2) is 4.79 Å². The van der Waals surface area contributed by atoms with Gasteiger partial charge in [0.2, 0.25) is 0 Å². The van der Waals surface area contributed by atoms with E-state index in [0.717, 1.165) is 17.0 Å². The maximum absolute atomic E-state index is 10.5. The predicted molar refractivity (Wildman–Crippen MR) is 67.3 cm³/mol. The predicted octanol–water partition coefficient (Wildman–Crippen LogP) is 1.90. The lowest BCUT2D eigenvalue weighted by Gasteiger charge is -2.19. The molecule has 0 radical (unpaired) electrons. The zero-order valence-corrected chi connectivity index (χ0v) is 10.1. The molecular formula is C13H15NO4. The van der Waals surface area contributed by atoms with Crippen molar-refractivity contribution in [3.8, 4) is 11.5 Å². The van der Waals surface area contributed by atoms with Crippen molar-refractivity contribution < 1.29 is 19.4 Å². The fourth-order valence-electron chi connectivity index (χ4n) is 1.66. The van der Waals surface area contributed by atoms with Crippen LogP contribution in [0.4, 0.5) is 5.69 Å². The molecule has 0 atom stereocenters. The summed E-state index contributed by atoms with van der Waals surface area (Å²) >= 11 is 0. The second-order valence-corrected chi connectivity index (χ2v) is 4.04. The lowest BCUT2D eigenvalue weighted by molar-refractivity contribution is -0.131. The first-order valence-corrected chi connectivity index (χ1v) is 5.69. The minimum atomic E-state index is -0.934. The average molecular weight is 249 g/mol. The molecule has 0 fully saturated rings. The zero-order valence-electron chi connectivity index (χ0n) is 10.1. The number of rotatable bonds is 4. The molecule has 0 saturated carbocycles. The van der Waals surface area contributed by atoms with Gasteiger partial charge in [0.05, 0.1) is 0 Å². The largest absolute Gasteiger partial charge is 0.486 e. The molecule has 0 bridgehead atoms. The minimum absolute atomic E-state index is 0.478. The second-order valence-electron chi connectivity index (χ2n) is 4.04. The second kappa shape index (κ2) is 5.44. The van der Waals surface area contributed by atoms with Crippen molar-refractivity contribution in [2.45, 2.75) is 6.92 Å². The number of carbonyl (C=O) groups is 1. The van der Waals surface area contributed by atoms with Gasteiger partial charge < -0.3 is 19.9 Å². The Morgan fingerprint density at radius 3 is 2.83 bits per heavy atom. The van der Waals surface area contributed by atoms with Gasteiger partial charge in [-0.05, 0) is 24.6 Å². The van der Waals surface area contributed by atoms with Crippen LogP contribution in [0, 0.1) is 0 Å². The summed E-state index contributed by atoms with van der Waals surface area (Å²) in [7, 11) is 0. The van der Waals surface area contributed by atoms with Crippen molar-refractivity contribution in [3.63, 3.8) is 0 Å². The maximum atomic E-state index is 10.5. The summed E-state index contributed by atoms with van der Waals surface area (Å²) < 4.78 is 10.9. The van der Waals surface area contributed by atoms with Crippen LogP contribution in [0.25, 0.3) is 0 Å². The van der Waals surface area contributed by atoms with Gasteiger partial charge in [0.25, 0.3) is 0 Å². The molecule has 0 aromatic heterocycles. The molecule has 0 unspecified atom stereocenters. The normalized spacial score (nSPS) is 14.2. The third-order valence-corrected chi connectivity index (χ3v) is 2.48. The first-order valence-electron chi connectivity index (χ1n) is 5.69. The van der Waals surface area contributed by atoms with E-state index in [4.69, 9.17) is 14.6 Å². The number of benzene rings is 1. The van der Waals surface area contributed by atoms with Crippen LogP contribution in [-0.2, 0) is 4.79 Å². The topological polar surface area (TPSA) is 67.8 Å². The quantitative estimate of drug-likeness (QED) is 0.798. The van der Waals surface area contributed by atoms with E-state index in [-0.39, 0.29) is 0 Å². The van der Waals surface area contributed by atoms with Crippen molar-refractivity contribution >= 4 is 11.7 Å². The van der Waals surface area contributed by atoms with E-state index >= 15 is 0 Å². The highest BCUT2D eigenvalue weighted by molar-refractivity contribution is 5.80. The van der Waals surface area contributed by atoms with Crippen molar-refractivity contribution in [2.24, 2.45) is 0 Å². The number of fused-ring (bicyclic) bond motifs is 1. The highest BCUT2D eigenvalue weighted by Gasteiger charge is 2.11. The van der Waals surface area contributed by atoms with Gasteiger partial charge in [-0.2, -0.15) is 0 Å². The average Bonchev–Trinajstić information content (AvgIpc) is 2.35. The van der Waals surface area contributed by atoms with Crippen molar-refractivity contribution in [1.82, 2.24) is 0 Å². The summed E-state index contributed by atoms with van der Waals surface area (Å²) in [6.07, 6.45) is 1.19. The number of hydrogen-bond donors (Lipinski definition) is 2. The molecule has 0 aliphatic carbocycles. The molecule has 5 heteroatoms. The molecule has 18 heavy (non-hydrogen) atoms. The van der Waals surface area contributed by atoms with E-state index in [2.05, 4.69) is 5.32 Å². The Morgan fingerprint density at radius 1 is 1.39 bits per heavy atom. The summed E-state index contributed by atoms with van der Waals surface area (Å²) in [5.74, 6) is 0.521. The van der Waals surface area contributed by atoms with Crippen LogP contribution in [0.2, 0.25) is 0 Å². The summed E-state index contributed by atoms with van der Waals surface area (Å²) in [5, 5.41) is 11.7. The summed E-state index contributed by atoms with van der Waals surface area (Å²) in [5.41, 5.74) is 1.62. The number of aliphatic carboxylic acids is 1. The lowest BCUT2D eigenvalue weighted by Crippen LogP contribution is -2.15. The molecule has 1 aromatic rings. The van der Waals surface area contributed by atoms with Gasteiger partial charge in [0, 0.05) is 24.4 Å². The van der Waals surface area contributed by atoms with Gasteiger partial charge in [-0.15, -0.1) is 0 Å². The maximum Gasteiger partial charge on any atom is 0.328 e. The Bertz CT molecular complexity index is 482. The van der Waals surface area contributed by atoms with E-state index < -0.39 is 5.97 Å². The Labute approximate surface area is 105 Å². The molecule has 0 amide bonds. The van der Waals surface area contributed by atoms with E-state index in [9.17, 15) is 4.79 Å². The molecule has 1 aliphatic heterocycles. The Kier molecular flexibility index (Phi) is 3.72. The molecule has 96 valence electrons. The van der Waals surface area contributed by atoms with Crippen LogP contribution in [0.3, 0.4) is 0 Å². The van der Waals surface area contributed by atoms with E-state index in [1.165, 1.54) is 6.08 Å². The van der Waals surface area contributed by atoms with E-state index in [1.807, 2.05) is 18.2 Å². The summed E-state index contributed by atoms with van der Waals surface area (Å²) in [4.78, 5) is 10.5. The smallest absolute Gasteiger partial charge is 0.328 e. The van der Waals surface area contributed by atoms with Crippen molar-refractivity contribution in [3.05, 3.63) is 29.8 Å². The van der Waals surface area contributed by atoms with Crippen LogP contribution in [0.15, 0.2) is 29.8 Å². The molecule has 0 saturated heterocycles. The number of nitrogens with one attached hydrogen (secondary N) is 1. The zero-order chi connectivity index (χ0) is 13.0. The summed E-state index contributed by atoms with van der Waals surface area (Å²) in [6.45, 7) is 3.36. The fraction of sp³-hybridized carbons (Fsp3) is 0.308. The highest BCUT2D eigenvalue weighted by Crippen LogP contribution is 2.32. The first-order chi connectivity index (χ1) is 8.65. The number of hydrogen-bond acceptors (Lipinski definition) is 4. The Balaban J connectivity index is 2.00. The van der Waals surface area contributed by atoms with Crippen LogP contribution < -0.4 is 14.8 Å².